The van der Waals surface area contributed by atoms with Crippen LogP contribution in [-0.2, 0) is 16.1 Å². The molecular formula is C19H25N3O4. The van der Waals surface area contributed by atoms with E-state index in [-0.39, 0.29) is 36.6 Å². The molecule has 0 aliphatic carbocycles. The van der Waals surface area contributed by atoms with Gasteiger partial charge in [-0.3, -0.25) is 14.4 Å². The molecule has 1 saturated heterocycles. The van der Waals surface area contributed by atoms with Gasteiger partial charge >= 0.3 is 0 Å². The average molecular weight is 359 g/mol. The van der Waals surface area contributed by atoms with Crippen LogP contribution in [0.1, 0.15) is 38.1 Å². The minimum atomic E-state index is -0.574. The molecule has 2 aliphatic rings. The first-order valence-electron chi connectivity index (χ1n) is 9.00. The van der Waals surface area contributed by atoms with E-state index in [1.807, 2.05) is 19.9 Å². The standard InChI is InChI=1S/C19H25N3O4/c1-4-6-12-7-8-14-17-16(18(25)20-5-2)13(10-23)15(22(17)11(3)24)9-21(14)19(12)26/h4,6-8,13,15-17,23H,5,9-10H2,1-3H3,(H,20,25)/b6-4+/t13-,15-,16+,17+/m1/s1. The summed E-state index contributed by atoms with van der Waals surface area (Å²) in [5.74, 6) is -1.32. The molecule has 140 valence electrons. The van der Waals surface area contributed by atoms with Crippen molar-refractivity contribution < 1.29 is 14.7 Å². The van der Waals surface area contributed by atoms with Gasteiger partial charge in [-0.15, -0.1) is 0 Å². The summed E-state index contributed by atoms with van der Waals surface area (Å²) in [5.41, 5.74) is 1.09. The number of aromatic nitrogens is 1. The molecule has 0 radical (unpaired) electrons. The highest BCUT2D eigenvalue weighted by atomic mass is 16.3. The molecule has 4 atom stereocenters. The third-order valence-electron chi connectivity index (χ3n) is 5.44. The van der Waals surface area contributed by atoms with Crippen LogP contribution in [0.3, 0.4) is 0 Å². The van der Waals surface area contributed by atoms with E-state index in [2.05, 4.69) is 5.32 Å². The zero-order chi connectivity index (χ0) is 19.0. The lowest BCUT2D eigenvalue weighted by atomic mass is 9.86. The molecule has 7 heteroatoms. The van der Waals surface area contributed by atoms with Crippen molar-refractivity contribution >= 4 is 17.9 Å². The number of nitrogens with one attached hydrogen (secondary N) is 1. The molecule has 3 rings (SSSR count). The van der Waals surface area contributed by atoms with E-state index in [0.29, 0.717) is 17.8 Å². The molecular weight excluding hydrogens is 334 g/mol. The number of allylic oxidation sites excluding steroid dienone is 1. The number of pyridine rings is 1. The maximum Gasteiger partial charge on any atom is 0.258 e. The van der Waals surface area contributed by atoms with Crippen LogP contribution in [0.5, 0.6) is 0 Å². The minimum Gasteiger partial charge on any atom is -0.396 e. The van der Waals surface area contributed by atoms with Crippen LogP contribution in [0, 0.1) is 11.8 Å². The monoisotopic (exact) mass is 359 g/mol. The van der Waals surface area contributed by atoms with Gasteiger partial charge in [0.25, 0.3) is 5.56 Å². The number of rotatable bonds is 4. The number of carbonyl (C=O) groups is 2. The van der Waals surface area contributed by atoms with E-state index in [1.54, 1.807) is 27.7 Å². The first-order valence-corrected chi connectivity index (χ1v) is 9.00. The van der Waals surface area contributed by atoms with E-state index >= 15 is 0 Å². The molecule has 26 heavy (non-hydrogen) atoms. The fourth-order valence-electron chi connectivity index (χ4n) is 4.45. The molecule has 1 aromatic rings. The highest BCUT2D eigenvalue weighted by molar-refractivity contribution is 5.83. The second kappa shape index (κ2) is 7.07. The third kappa shape index (κ3) is 2.67. The van der Waals surface area contributed by atoms with Crippen LogP contribution in [0.25, 0.3) is 6.08 Å². The molecule has 0 spiro atoms. The van der Waals surface area contributed by atoms with Gasteiger partial charge < -0.3 is 19.9 Å². The van der Waals surface area contributed by atoms with Crippen molar-refractivity contribution in [1.29, 1.82) is 0 Å². The summed E-state index contributed by atoms with van der Waals surface area (Å²) in [6.07, 6.45) is 3.55. The molecule has 0 unspecified atom stereocenters. The Morgan fingerprint density at radius 1 is 1.38 bits per heavy atom. The fourth-order valence-corrected chi connectivity index (χ4v) is 4.45. The van der Waals surface area contributed by atoms with Crippen LogP contribution in [0.15, 0.2) is 23.0 Å². The molecule has 7 nitrogen and oxygen atoms in total. The van der Waals surface area contributed by atoms with Gasteiger partial charge in [-0.2, -0.15) is 0 Å². The molecule has 0 saturated carbocycles. The van der Waals surface area contributed by atoms with E-state index in [4.69, 9.17) is 0 Å². The smallest absolute Gasteiger partial charge is 0.258 e. The highest BCUT2D eigenvalue weighted by Crippen LogP contribution is 2.48. The Balaban J connectivity index is 2.18. The molecule has 0 aromatic carbocycles. The number of hydrogen-bond acceptors (Lipinski definition) is 4. The zero-order valence-electron chi connectivity index (χ0n) is 15.3. The molecule has 2 bridgehead atoms. The van der Waals surface area contributed by atoms with Crippen molar-refractivity contribution in [3.05, 3.63) is 39.8 Å². The Kier molecular flexibility index (Phi) is 5.00. The van der Waals surface area contributed by atoms with Crippen molar-refractivity contribution in [3.8, 4) is 0 Å². The summed E-state index contributed by atoms with van der Waals surface area (Å²) >= 11 is 0. The van der Waals surface area contributed by atoms with Crippen LogP contribution in [0.2, 0.25) is 0 Å². The Bertz CT molecular complexity index is 813. The summed E-state index contributed by atoms with van der Waals surface area (Å²) in [6.45, 7) is 5.69. The number of carbonyl (C=O) groups excluding carboxylic acids is 2. The van der Waals surface area contributed by atoms with Gasteiger partial charge in [0.15, 0.2) is 0 Å². The van der Waals surface area contributed by atoms with E-state index in [0.717, 1.165) is 0 Å². The highest BCUT2D eigenvalue weighted by Gasteiger charge is 2.56. The molecule has 3 heterocycles. The Morgan fingerprint density at radius 3 is 2.69 bits per heavy atom. The second-order valence-corrected chi connectivity index (χ2v) is 6.83. The average Bonchev–Trinajstić information content (AvgIpc) is 2.85. The number of hydrogen-bond donors (Lipinski definition) is 2. The van der Waals surface area contributed by atoms with Gasteiger partial charge in [0, 0.05) is 43.8 Å². The van der Waals surface area contributed by atoms with Crippen molar-refractivity contribution in [2.45, 2.75) is 39.4 Å². The quantitative estimate of drug-likeness (QED) is 0.820. The van der Waals surface area contributed by atoms with Gasteiger partial charge in [0.2, 0.25) is 11.8 Å². The van der Waals surface area contributed by atoms with E-state index in [1.165, 1.54) is 6.92 Å². The lowest BCUT2D eigenvalue weighted by molar-refractivity contribution is -0.134. The van der Waals surface area contributed by atoms with Crippen molar-refractivity contribution in [2.75, 3.05) is 13.2 Å². The van der Waals surface area contributed by atoms with Crippen molar-refractivity contribution in [3.63, 3.8) is 0 Å². The van der Waals surface area contributed by atoms with Gasteiger partial charge in [-0.1, -0.05) is 12.2 Å². The van der Waals surface area contributed by atoms with Crippen LogP contribution < -0.4 is 10.9 Å². The van der Waals surface area contributed by atoms with Crippen molar-refractivity contribution in [1.82, 2.24) is 14.8 Å². The molecule has 1 aromatic heterocycles. The Labute approximate surface area is 152 Å². The van der Waals surface area contributed by atoms with Gasteiger partial charge in [0.1, 0.15) is 0 Å². The number of aliphatic hydroxyl groups excluding tert-OH is 1. The summed E-state index contributed by atoms with van der Waals surface area (Å²) in [7, 11) is 0. The first kappa shape index (κ1) is 18.4. The second-order valence-electron chi connectivity index (χ2n) is 6.83. The van der Waals surface area contributed by atoms with Crippen molar-refractivity contribution in [2.24, 2.45) is 11.8 Å². The Morgan fingerprint density at radius 2 is 2.12 bits per heavy atom. The summed E-state index contributed by atoms with van der Waals surface area (Å²) < 4.78 is 1.66. The molecule has 2 amide bonds. The van der Waals surface area contributed by atoms with Gasteiger partial charge in [0.05, 0.1) is 18.0 Å². The van der Waals surface area contributed by atoms with Gasteiger partial charge in [-0.05, 0) is 26.0 Å². The van der Waals surface area contributed by atoms with Crippen LogP contribution in [-0.4, -0.2) is 45.6 Å². The maximum atomic E-state index is 12.8. The SMILES string of the molecule is C/C=C/c1ccc2n(c1=O)C[C@@H]1[C@@H](CO)[C@H](C(=O)NCC)[C@H]2N1C(C)=O. The fraction of sp³-hybridized carbons (Fsp3) is 0.526. The van der Waals surface area contributed by atoms with Gasteiger partial charge in [-0.25, -0.2) is 0 Å². The topological polar surface area (TPSA) is 91.6 Å². The minimum absolute atomic E-state index is 0.132. The first-order chi connectivity index (χ1) is 12.5. The summed E-state index contributed by atoms with van der Waals surface area (Å²) in [5, 5.41) is 12.8. The maximum absolute atomic E-state index is 12.8. The largest absolute Gasteiger partial charge is 0.396 e. The summed E-state index contributed by atoms with van der Waals surface area (Å²) in [6, 6.07) is 2.64. The predicted octanol–water partition coefficient (Wildman–Crippen LogP) is 0.528. The molecule has 2 aliphatic heterocycles. The molecule has 2 N–H and O–H groups in total. The lowest BCUT2D eigenvalue weighted by Gasteiger charge is -2.37. The zero-order valence-corrected chi connectivity index (χ0v) is 15.3. The van der Waals surface area contributed by atoms with E-state index in [9.17, 15) is 19.5 Å². The number of aliphatic hydroxyl groups is 1. The predicted molar refractivity (Wildman–Crippen MR) is 97.2 cm³/mol. The Hall–Kier alpha value is -2.41. The molecule has 1 fully saturated rings. The number of amides is 2. The van der Waals surface area contributed by atoms with Crippen LogP contribution in [0.4, 0.5) is 0 Å². The van der Waals surface area contributed by atoms with E-state index < -0.39 is 17.9 Å². The lowest BCUT2D eigenvalue weighted by Crippen LogP contribution is -2.48. The number of nitrogens with zero attached hydrogens (tertiary/aromatic N) is 2. The number of fused-ring (bicyclic) bond motifs is 4. The third-order valence-corrected chi connectivity index (χ3v) is 5.44. The van der Waals surface area contributed by atoms with Crippen LogP contribution >= 0.6 is 0 Å². The normalized spacial score (nSPS) is 26.8. The summed E-state index contributed by atoms with van der Waals surface area (Å²) in [4.78, 5) is 39.6.